The Balaban J connectivity index is 1.90. The first-order valence-electron chi connectivity index (χ1n) is 6.67. The van der Waals surface area contributed by atoms with Crippen LogP contribution >= 0.6 is 0 Å². The Bertz CT molecular complexity index is 690. The highest BCUT2D eigenvalue weighted by atomic mass is 16.5. The number of furan rings is 1. The Kier molecular flexibility index (Phi) is 4.83. The number of esters is 1. The van der Waals surface area contributed by atoms with Gasteiger partial charge in [-0.1, -0.05) is 6.07 Å². The first-order valence-corrected chi connectivity index (χ1v) is 6.67. The van der Waals surface area contributed by atoms with Crippen molar-refractivity contribution in [1.82, 2.24) is 0 Å². The van der Waals surface area contributed by atoms with Crippen LogP contribution in [0, 0.1) is 13.8 Å². The van der Waals surface area contributed by atoms with Crippen molar-refractivity contribution in [3.8, 4) is 5.75 Å². The molecule has 0 unspecified atom stereocenters. The molecular weight excluding hydrogens is 286 g/mol. The van der Waals surface area contributed by atoms with Crippen LogP contribution in [0.4, 0.5) is 5.69 Å². The topological polar surface area (TPSA) is 77.8 Å². The zero-order valence-electron chi connectivity index (χ0n) is 12.6. The fourth-order valence-electron chi connectivity index (χ4n) is 1.94. The lowest BCUT2D eigenvalue weighted by molar-refractivity contribution is -0.119. The number of ether oxygens (including phenoxy) is 2. The summed E-state index contributed by atoms with van der Waals surface area (Å²) >= 11 is 0. The summed E-state index contributed by atoms with van der Waals surface area (Å²) in [5.41, 5.74) is 0.891. The van der Waals surface area contributed by atoms with Gasteiger partial charge >= 0.3 is 5.97 Å². The van der Waals surface area contributed by atoms with Gasteiger partial charge in [-0.05, 0) is 32.0 Å². The van der Waals surface area contributed by atoms with Crippen molar-refractivity contribution in [3.05, 3.63) is 47.4 Å². The number of hydrogen-bond donors (Lipinski definition) is 1. The summed E-state index contributed by atoms with van der Waals surface area (Å²) in [5.74, 6) is 0.690. The summed E-state index contributed by atoms with van der Waals surface area (Å²) < 4.78 is 15.3. The van der Waals surface area contributed by atoms with E-state index in [0.717, 1.165) is 0 Å². The quantitative estimate of drug-likeness (QED) is 0.859. The lowest BCUT2D eigenvalue weighted by atomic mass is 10.2. The Morgan fingerprint density at radius 1 is 1.23 bits per heavy atom. The molecule has 1 aromatic heterocycles. The minimum Gasteiger partial charge on any atom is -0.497 e. The summed E-state index contributed by atoms with van der Waals surface area (Å²) in [6, 6.07) is 8.48. The Morgan fingerprint density at radius 2 is 2.00 bits per heavy atom. The molecule has 0 spiro atoms. The minimum atomic E-state index is -0.588. The number of hydrogen-bond acceptors (Lipinski definition) is 5. The lowest BCUT2D eigenvalue weighted by Crippen LogP contribution is -2.21. The summed E-state index contributed by atoms with van der Waals surface area (Å²) in [4.78, 5) is 23.6. The molecule has 2 aromatic rings. The molecule has 22 heavy (non-hydrogen) atoms. The van der Waals surface area contributed by atoms with Gasteiger partial charge in [0.1, 0.15) is 22.8 Å². The normalized spacial score (nSPS) is 10.1. The third-order valence-corrected chi connectivity index (χ3v) is 2.95. The fourth-order valence-corrected chi connectivity index (χ4v) is 1.94. The molecule has 6 heteroatoms. The van der Waals surface area contributed by atoms with E-state index in [2.05, 4.69) is 5.32 Å². The second-order valence-electron chi connectivity index (χ2n) is 4.68. The molecule has 0 saturated heterocycles. The molecule has 0 aliphatic carbocycles. The summed E-state index contributed by atoms with van der Waals surface area (Å²) in [7, 11) is 1.54. The van der Waals surface area contributed by atoms with Crippen molar-refractivity contribution in [2.24, 2.45) is 0 Å². The van der Waals surface area contributed by atoms with Crippen LogP contribution in [0.2, 0.25) is 0 Å². The molecule has 1 heterocycles. The van der Waals surface area contributed by atoms with E-state index >= 15 is 0 Å². The fraction of sp³-hybridized carbons (Fsp3) is 0.250. The van der Waals surface area contributed by atoms with Crippen molar-refractivity contribution < 1.29 is 23.5 Å². The summed E-state index contributed by atoms with van der Waals surface area (Å²) in [5, 5.41) is 2.62. The minimum absolute atomic E-state index is 0.326. The lowest BCUT2D eigenvalue weighted by Gasteiger charge is -2.07. The van der Waals surface area contributed by atoms with Crippen LogP contribution < -0.4 is 10.1 Å². The van der Waals surface area contributed by atoms with Gasteiger partial charge in [-0.3, -0.25) is 4.79 Å². The number of rotatable bonds is 5. The maximum Gasteiger partial charge on any atom is 0.342 e. The highest BCUT2D eigenvalue weighted by molar-refractivity contribution is 5.96. The number of amides is 1. The standard InChI is InChI=1S/C16H17NO5/c1-10-7-14(11(2)22-10)16(19)21-9-15(18)17-12-5-4-6-13(8-12)20-3/h4-8H,9H2,1-3H3,(H,17,18). The maximum absolute atomic E-state index is 11.9. The van der Waals surface area contributed by atoms with Crippen LogP contribution in [0.5, 0.6) is 5.75 Å². The van der Waals surface area contributed by atoms with Crippen LogP contribution in [-0.4, -0.2) is 25.6 Å². The highest BCUT2D eigenvalue weighted by Crippen LogP contribution is 2.17. The molecule has 2 rings (SSSR count). The molecule has 0 aliphatic heterocycles. The van der Waals surface area contributed by atoms with E-state index < -0.39 is 11.9 Å². The van der Waals surface area contributed by atoms with Gasteiger partial charge in [0.15, 0.2) is 6.61 Å². The smallest absolute Gasteiger partial charge is 0.342 e. The second kappa shape index (κ2) is 6.80. The van der Waals surface area contributed by atoms with E-state index in [-0.39, 0.29) is 6.61 Å². The zero-order valence-corrected chi connectivity index (χ0v) is 12.6. The van der Waals surface area contributed by atoms with Crippen LogP contribution in [0.1, 0.15) is 21.9 Å². The Hall–Kier alpha value is -2.76. The maximum atomic E-state index is 11.9. The third-order valence-electron chi connectivity index (χ3n) is 2.95. The van der Waals surface area contributed by atoms with Crippen molar-refractivity contribution >= 4 is 17.6 Å². The number of carbonyl (C=O) groups is 2. The molecule has 0 bridgehead atoms. The molecule has 0 saturated carbocycles. The molecule has 1 amide bonds. The van der Waals surface area contributed by atoms with E-state index in [4.69, 9.17) is 13.9 Å². The largest absolute Gasteiger partial charge is 0.497 e. The van der Waals surface area contributed by atoms with Crippen LogP contribution in [0.15, 0.2) is 34.7 Å². The first-order chi connectivity index (χ1) is 10.5. The third kappa shape index (κ3) is 3.88. The molecule has 6 nitrogen and oxygen atoms in total. The molecule has 0 atom stereocenters. The molecule has 1 aromatic carbocycles. The van der Waals surface area contributed by atoms with Gasteiger partial charge in [0.25, 0.3) is 5.91 Å². The number of aryl methyl sites for hydroxylation is 2. The van der Waals surface area contributed by atoms with Gasteiger partial charge in [-0.15, -0.1) is 0 Å². The van der Waals surface area contributed by atoms with E-state index in [0.29, 0.717) is 28.5 Å². The number of nitrogens with one attached hydrogen (secondary N) is 1. The van der Waals surface area contributed by atoms with Gasteiger partial charge in [0, 0.05) is 11.8 Å². The molecule has 116 valence electrons. The first kappa shape index (κ1) is 15.6. The monoisotopic (exact) mass is 303 g/mol. The average Bonchev–Trinajstić information content (AvgIpc) is 2.83. The summed E-state index contributed by atoms with van der Waals surface area (Å²) in [6.07, 6.45) is 0. The van der Waals surface area contributed by atoms with Crippen LogP contribution in [-0.2, 0) is 9.53 Å². The van der Waals surface area contributed by atoms with Crippen molar-refractivity contribution in [3.63, 3.8) is 0 Å². The van der Waals surface area contributed by atoms with Crippen LogP contribution in [0.25, 0.3) is 0 Å². The predicted molar refractivity (Wildman–Crippen MR) is 80.1 cm³/mol. The van der Waals surface area contributed by atoms with Gasteiger partial charge < -0.3 is 19.2 Å². The number of carbonyl (C=O) groups excluding carboxylic acids is 2. The van der Waals surface area contributed by atoms with Gasteiger partial charge in [0.05, 0.1) is 7.11 Å². The van der Waals surface area contributed by atoms with Gasteiger partial charge in [-0.2, -0.15) is 0 Å². The van der Waals surface area contributed by atoms with Crippen molar-refractivity contribution in [2.45, 2.75) is 13.8 Å². The summed E-state index contributed by atoms with van der Waals surface area (Å²) in [6.45, 7) is 3.03. The zero-order chi connectivity index (χ0) is 16.1. The van der Waals surface area contributed by atoms with E-state index in [1.165, 1.54) is 7.11 Å². The molecular formula is C16H17NO5. The Morgan fingerprint density at radius 3 is 2.64 bits per heavy atom. The number of benzene rings is 1. The van der Waals surface area contributed by atoms with E-state index in [1.807, 2.05) is 0 Å². The Labute approximate surface area is 128 Å². The van der Waals surface area contributed by atoms with Gasteiger partial charge in [-0.25, -0.2) is 4.79 Å². The highest BCUT2D eigenvalue weighted by Gasteiger charge is 2.16. The van der Waals surface area contributed by atoms with Crippen molar-refractivity contribution in [1.29, 1.82) is 0 Å². The van der Waals surface area contributed by atoms with E-state index in [9.17, 15) is 9.59 Å². The number of anilines is 1. The van der Waals surface area contributed by atoms with Gasteiger partial charge in [0.2, 0.25) is 0 Å². The molecule has 0 radical (unpaired) electrons. The molecule has 1 N–H and O–H groups in total. The average molecular weight is 303 g/mol. The van der Waals surface area contributed by atoms with Crippen LogP contribution in [0.3, 0.4) is 0 Å². The van der Waals surface area contributed by atoms with Crippen molar-refractivity contribution in [2.75, 3.05) is 19.0 Å². The SMILES string of the molecule is COc1cccc(NC(=O)COC(=O)c2cc(C)oc2C)c1. The van der Waals surface area contributed by atoms with E-state index in [1.54, 1.807) is 44.2 Å². The molecule has 0 fully saturated rings. The predicted octanol–water partition coefficient (Wildman–Crippen LogP) is 2.70. The second-order valence-corrected chi connectivity index (χ2v) is 4.68. The molecule has 0 aliphatic rings. The number of methoxy groups -OCH3 is 1.